The first kappa shape index (κ1) is 25.4. The summed E-state index contributed by atoms with van der Waals surface area (Å²) in [5.74, 6) is 0. The lowest BCUT2D eigenvalue weighted by Gasteiger charge is -2.14. The summed E-state index contributed by atoms with van der Waals surface area (Å²) in [6.45, 7) is 0. The second kappa shape index (κ2) is 10.3. The third kappa shape index (κ3) is 4.21. The van der Waals surface area contributed by atoms with Crippen LogP contribution in [0, 0.1) is 0 Å². The SMILES string of the molecule is c1ccc(-c2ccccc2Nc2cccc(-n3c4ccccc4c4cc(-c5cccc6c5oc5ccccc56)ccc43)c2)cc1. The van der Waals surface area contributed by atoms with Crippen LogP contribution in [-0.2, 0) is 0 Å². The van der Waals surface area contributed by atoms with Crippen molar-refractivity contribution in [2.24, 2.45) is 0 Å². The highest BCUT2D eigenvalue weighted by Gasteiger charge is 2.16. The van der Waals surface area contributed by atoms with Crippen molar-refractivity contribution in [3.8, 4) is 27.9 Å². The average Bonchev–Trinajstić information content (AvgIpc) is 3.65. The van der Waals surface area contributed by atoms with Crippen molar-refractivity contribution in [2.75, 3.05) is 5.32 Å². The molecule has 3 nitrogen and oxygen atoms in total. The van der Waals surface area contributed by atoms with Gasteiger partial charge in [-0.25, -0.2) is 0 Å². The Kier molecular flexibility index (Phi) is 5.82. The fourth-order valence-corrected chi connectivity index (χ4v) is 6.73. The summed E-state index contributed by atoms with van der Waals surface area (Å²) in [5, 5.41) is 8.43. The first-order valence-electron chi connectivity index (χ1n) is 15.3. The molecule has 0 radical (unpaired) electrons. The summed E-state index contributed by atoms with van der Waals surface area (Å²) < 4.78 is 8.76. The van der Waals surface area contributed by atoms with Gasteiger partial charge in [0.25, 0.3) is 0 Å². The molecule has 0 spiro atoms. The molecule has 0 aliphatic heterocycles. The molecule has 7 aromatic carbocycles. The number of aromatic nitrogens is 1. The third-order valence-corrected chi connectivity index (χ3v) is 8.78. The molecule has 0 amide bonds. The van der Waals surface area contributed by atoms with Crippen LogP contribution in [0.5, 0.6) is 0 Å². The highest BCUT2D eigenvalue weighted by atomic mass is 16.3. The van der Waals surface area contributed by atoms with E-state index in [-0.39, 0.29) is 0 Å². The smallest absolute Gasteiger partial charge is 0.143 e. The number of fused-ring (bicyclic) bond motifs is 6. The van der Waals surface area contributed by atoms with Gasteiger partial charge in [0.2, 0.25) is 0 Å². The Labute approximate surface area is 260 Å². The van der Waals surface area contributed by atoms with Crippen LogP contribution in [0.15, 0.2) is 168 Å². The van der Waals surface area contributed by atoms with Crippen molar-refractivity contribution in [1.82, 2.24) is 4.57 Å². The van der Waals surface area contributed by atoms with Crippen LogP contribution in [0.4, 0.5) is 11.4 Å². The van der Waals surface area contributed by atoms with Gasteiger partial charge in [-0.3, -0.25) is 0 Å². The van der Waals surface area contributed by atoms with Crippen molar-refractivity contribution >= 4 is 55.1 Å². The molecule has 0 atom stereocenters. The van der Waals surface area contributed by atoms with Crippen LogP contribution in [0.1, 0.15) is 0 Å². The van der Waals surface area contributed by atoms with E-state index in [1.165, 1.54) is 32.9 Å². The number of hydrogen-bond donors (Lipinski definition) is 1. The molecule has 0 fully saturated rings. The zero-order valence-corrected chi connectivity index (χ0v) is 24.4. The van der Waals surface area contributed by atoms with E-state index in [9.17, 15) is 0 Å². The van der Waals surface area contributed by atoms with Crippen molar-refractivity contribution in [3.63, 3.8) is 0 Å². The Hall–Kier alpha value is -6.06. The van der Waals surface area contributed by atoms with Gasteiger partial charge in [0, 0.05) is 49.7 Å². The zero-order valence-electron chi connectivity index (χ0n) is 24.4. The molecule has 2 aromatic heterocycles. The molecule has 0 unspecified atom stereocenters. The highest BCUT2D eigenvalue weighted by Crippen LogP contribution is 2.39. The Morgan fingerprint density at radius 1 is 0.444 bits per heavy atom. The number of rotatable bonds is 5. The molecule has 2 heterocycles. The van der Waals surface area contributed by atoms with E-state index in [1.54, 1.807) is 0 Å². The first-order valence-corrected chi connectivity index (χ1v) is 15.3. The molecule has 9 rings (SSSR count). The molecular formula is C42H28N2O. The van der Waals surface area contributed by atoms with Gasteiger partial charge in [-0.15, -0.1) is 0 Å². The van der Waals surface area contributed by atoms with E-state index in [4.69, 9.17) is 4.42 Å². The number of anilines is 2. The van der Waals surface area contributed by atoms with Crippen molar-refractivity contribution in [3.05, 3.63) is 164 Å². The quantitative estimate of drug-likeness (QED) is 0.221. The molecule has 0 aliphatic carbocycles. The van der Waals surface area contributed by atoms with Crippen molar-refractivity contribution in [1.29, 1.82) is 0 Å². The minimum Gasteiger partial charge on any atom is -0.455 e. The number of benzene rings is 7. The van der Waals surface area contributed by atoms with E-state index in [2.05, 4.69) is 162 Å². The lowest BCUT2D eigenvalue weighted by molar-refractivity contribution is 0.670. The van der Waals surface area contributed by atoms with Crippen molar-refractivity contribution < 1.29 is 4.42 Å². The van der Waals surface area contributed by atoms with Gasteiger partial charge in [0.1, 0.15) is 11.2 Å². The first-order chi connectivity index (χ1) is 22.3. The van der Waals surface area contributed by atoms with Gasteiger partial charge in [-0.05, 0) is 59.7 Å². The van der Waals surface area contributed by atoms with Crippen LogP contribution >= 0.6 is 0 Å². The van der Waals surface area contributed by atoms with Gasteiger partial charge in [0.15, 0.2) is 0 Å². The summed E-state index contributed by atoms with van der Waals surface area (Å²) >= 11 is 0. The standard InChI is InChI=1S/C42H28N2O/c1-2-12-28(13-3-1)32-16-4-7-21-38(32)43-30-14-10-15-31(27-30)44-39-22-8-5-17-34(39)37-26-29(24-25-40(37)44)33-19-11-20-36-35-18-6-9-23-41(35)45-42(33)36/h1-27,43H. The maximum Gasteiger partial charge on any atom is 0.143 e. The number of nitrogens with zero attached hydrogens (tertiary/aromatic N) is 1. The van der Waals surface area contributed by atoms with Crippen LogP contribution in [0.3, 0.4) is 0 Å². The van der Waals surface area contributed by atoms with Gasteiger partial charge in [-0.1, -0.05) is 115 Å². The fourth-order valence-electron chi connectivity index (χ4n) is 6.73. The number of nitrogens with one attached hydrogen (secondary N) is 1. The molecule has 0 bridgehead atoms. The fraction of sp³-hybridized carbons (Fsp3) is 0. The molecule has 0 saturated carbocycles. The maximum atomic E-state index is 6.40. The molecule has 45 heavy (non-hydrogen) atoms. The Morgan fingerprint density at radius 3 is 2.09 bits per heavy atom. The number of para-hydroxylation sites is 4. The molecule has 3 heteroatoms. The molecule has 9 aromatic rings. The van der Waals surface area contributed by atoms with E-state index in [0.717, 1.165) is 50.1 Å². The average molecular weight is 577 g/mol. The Bertz CT molecular complexity index is 2520. The number of hydrogen-bond acceptors (Lipinski definition) is 2. The predicted octanol–water partition coefficient (Wildman–Crippen LogP) is 11.8. The minimum absolute atomic E-state index is 0.914. The lowest BCUT2D eigenvalue weighted by atomic mass is 10.0. The van der Waals surface area contributed by atoms with Crippen LogP contribution in [-0.4, -0.2) is 4.57 Å². The van der Waals surface area contributed by atoms with Gasteiger partial charge < -0.3 is 14.3 Å². The summed E-state index contributed by atoms with van der Waals surface area (Å²) in [7, 11) is 0. The number of furan rings is 1. The van der Waals surface area contributed by atoms with E-state index >= 15 is 0 Å². The summed E-state index contributed by atoms with van der Waals surface area (Å²) in [4.78, 5) is 0. The lowest BCUT2D eigenvalue weighted by Crippen LogP contribution is -1.97. The Balaban J connectivity index is 1.17. The zero-order chi connectivity index (χ0) is 29.7. The monoisotopic (exact) mass is 576 g/mol. The predicted molar refractivity (Wildman–Crippen MR) is 189 cm³/mol. The molecule has 0 saturated heterocycles. The van der Waals surface area contributed by atoms with E-state index in [0.29, 0.717) is 0 Å². The van der Waals surface area contributed by atoms with Gasteiger partial charge >= 0.3 is 0 Å². The topological polar surface area (TPSA) is 30.1 Å². The maximum absolute atomic E-state index is 6.40. The largest absolute Gasteiger partial charge is 0.455 e. The van der Waals surface area contributed by atoms with Gasteiger partial charge in [0.05, 0.1) is 11.0 Å². The molecule has 1 N–H and O–H groups in total. The van der Waals surface area contributed by atoms with Crippen LogP contribution in [0.2, 0.25) is 0 Å². The second-order valence-electron chi connectivity index (χ2n) is 11.5. The van der Waals surface area contributed by atoms with Crippen LogP contribution in [0.25, 0.3) is 71.7 Å². The van der Waals surface area contributed by atoms with E-state index < -0.39 is 0 Å². The molecule has 0 aliphatic rings. The molecule has 212 valence electrons. The molecular weight excluding hydrogens is 548 g/mol. The van der Waals surface area contributed by atoms with Crippen LogP contribution < -0.4 is 5.32 Å². The Morgan fingerprint density at radius 2 is 1.16 bits per heavy atom. The normalized spacial score (nSPS) is 11.6. The summed E-state index contributed by atoms with van der Waals surface area (Å²) in [6.07, 6.45) is 0. The van der Waals surface area contributed by atoms with E-state index in [1.807, 2.05) is 12.1 Å². The van der Waals surface area contributed by atoms with Crippen molar-refractivity contribution in [2.45, 2.75) is 0 Å². The summed E-state index contributed by atoms with van der Waals surface area (Å²) in [5.41, 5.74) is 12.0. The van der Waals surface area contributed by atoms with Gasteiger partial charge in [-0.2, -0.15) is 0 Å². The second-order valence-corrected chi connectivity index (χ2v) is 11.5. The summed E-state index contributed by atoms with van der Waals surface area (Å²) in [6, 6.07) is 57.8. The minimum atomic E-state index is 0.914. The highest BCUT2D eigenvalue weighted by molar-refractivity contribution is 6.13. The third-order valence-electron chi connectivity index (χ3n) is 8.78.